The minimum Gasteiger partial charge on any atom is -0.481 e. The highest BCUT2D eigenvalue weighted by Crippen LogP contribution is 2.29. The van der Waals surface area contributed by atoms with Gasteiger partial charge >= 0.3 is 5.97 Å². The molecule has 0 radical (unpaired) electrons. The van der Waals surface area contributed by atoms with E-state index in [1.54, 1.807) is 6.92 Å². The van der Waals surface area contributed by atoms with Crippen LogP contribution in [0.3, 0.4) is 0 Å². The van der Waals surface area contributed by atoms with Gasteiger partial charge in [-0.3, -0.25) is 4.79 Å². The molecule has 4 rings (SSSR count). The van der Waals surface area contributed by atoms with E-state index >= 15 is 0 Å². The lowest BCUT2D eigenvalue weighted by Crippen LogP contribution is -2.11. The van der Waals surface area contributed by atoms with Crippen LogP contribution < -0.4 is 0 Å². The largest absolute Gasteiger partial charge is 0.481 e. The third kappa shape index (κ3) is 5.54. The van der Waals surface area contributed by atoms with Gasteiger partial charge < -0.3 is 5.11 Å². The van der Waals surface area contributed by atoms with Gasteiger partial charge in [0.1, 0.15) is 5.82 Å². The molecule has 0 bridgehead atoms. The number of aromatic amines is 1. The summed E-state index contributed by atoms with van der Waals surface area (Å²) in [5, 5.41) is 28.1. The summed E-state index contributed by atoms with van der Waals surface area (Å²) in [7, 11) is 0. The number of carboxylic acid groups (broad SMARTS) is 1. The molecule has 0 fully saturated rings. The van der Waals surface area contributed by atoms with Crippen LogP contribution in [0.1, 0.15) is 50.3 Å². The van der Waals surface area contributed by atoms with Crippen LogP contribution in [-0.4, -0.2) is 46.5 Å². The number of benzene rings is 2. The zero-order chi connectivity index (χ0) is 23.9. The van der Waals surface area contributed by atoms with E-state index in [-0.39, 0.29) is 0 Å². The fraction of sp³-hybridized carbons (Fsp3) is 0.360. The normalized spacial score (nSPS) is 12.1. The number of hydrogen-bond donors (Lipinski definition) is 2. The first kappa shape index (κ1) is 23.3. The van der Waals surface area contributed by atoms with Gasteiger partial charge in [0.05, 0.1) is 12.5 Å². The van der Waals surface area contributed by atoms with Crippen LogP contribution in [0, 0.1) is 5.92 Å². The Morgan fingerprint density at radius 2 is 1.85 bits per heavy atom. The molecule has 2 N–H and O–H groups in total. The van der Waals surface area contributed by atoms with E-state index in [4.69, 9.17) is 15.2 Å². The number of carboxylic acids is 1. The zero-order valence-electron chi connectivity index (χ0n) is 19.5. The van der Waals surface area contributed by atoms with E-state index in [1.165, 1.54) is 0 Å². The fourth-order valence-corrected chi connectivity index (χ4v) is 3.82. The second-order valence-electron chi connectivity index (χ2n) is 8.48. The number of aryl methyl sites for hydroxylation is 2. The third-order valence-electron chi connectivity index (χ3n) is 5.89. The maximum atomic E-state index is 11.1. The summed E-state index contributed by atoms with van der Waals surface area (Å²) >= 11 is 0. The van der Waals surface area contributed by atoms with Gasteiger partial charge in [-0.2, -0.15) is 5.10 Å². The number of nitrogens with zero attached hydrogens (tertiary/aromatic N) is 6. The lowest BCUT2D eigenvalue weighted by molar-refractivity contribution is -0.141. The Hall–Kier alpha value is -3.88. The van der Waals surface area contributed by atoms with Crippen molar-refractivity contribution < 1.29 is 9.90 Å². The summed E-state index contributed by atoms with van der Waals surface area (Å²) in [4.78, 5) is 15.9. The lowest BCUT2D eigenvalue weighted by Gasteiger charge is -2.09. The van der Waals surface area contributed by atoms with Gasteiger partial charge in [-0.05, 0) is 40.0 Å². The number of nitrogens with one attached hydrogen (secondary N) is 1. The molecular weight excluding hydrogens is 430 g/mol. The Balaban J connectivity index is 1.52. The molecule has 0 aliphatic heterocycles. The van der Waals surface area contributed by atoms with Gasteiger partial charge in [0.25, 0.3) is 0 Å². The van der Waals surface area contributed by atoms with Crippen molar-refractivity contribution in [2.75, 3.05) is 0 Å². The first-order chi connectivity index (χ1) is 16.5. The van der Waals surface area contributed by atoms with Crippen LogP contribution in [0.15, 0.2) is 48.5 Å². The monoisotopic (exact) mass is 459 g/mol. The molecule has 0 aliphatic carbocycles. The van der Waals surface area contributed by atoms with E-state index in [0.717, 1.165) is 47.3 Å². The summed E-state index contributed by atoms with van der Waals surface area (Å²) in [6, 6.07) is 16.4. The fourth-order valence-electron chi connectivity index (χ4n) is 3.82. The molecule has 0 saturated carbocycles. The average Bonchev–Trinajstić information content (AvgIpc) is 3.52. The van der Waals surface area contributed by atoms with Gasteiger partial charge in [-0.25, -0.2) is 14.8 Å². The van der Waals surface area contributed by atoms with Crippen molar-refractivity contribution in [3.05, 3.63) is 65.7 Å². The minimum atomic E-state index is -0.785. The first-order valence-corrected chi connectivity index (χ1v) is 11.6. The van der Waals surface area contributed by atoms with Crippen molar-refractivity contribution in [3.63, 3.8) is 0 Å². The third-order valence-corrected chi connectivity index (χ3v) is 5.89. The van der Waals surface area contributed by atoms with Gasteiger partial charge in [0.2, 0.25) is 0 Å². The van der Waals surface area contributed by atoms with E-state index in [2.05, 4.69) is 57.9 Å². The molecule has 2 heterocycles. The van der Waals surface area contributed by atoms with Crippen LogP contribution in [0.4, 0.5) is 0 Å². The van der Waals surface area contributed by atoms with Crippen LogP contribution in [0.25, 0.3) is 22.5 Å². The molecular formula is C25H29N7O2. The van der Waals surface area contributed by atoms with Crippen molar-refractivity contribution in [1.29, 1.82) is 0 Å². The number of aromatic nitrogens is 7. The van der Waals surface area contributed by atoms with Crippen molar-refractivity contribution in [1.82, 2.24) is 35.4 Å². The highest BCUT2D eigenvalue weighted by molar-refractivity contribution is 5.80. The van der Waals surface area contributed by atoms with E-state index in [1.807, 2.05) is 22.9 Å². The summed E-state index contributed by atoms with van der Waals surface area (Å²) in [5.41, 5.74) is 4.19. The summed E-state index contributed by atoms with van der Waals surface area (Å²) in [5.74, 6) is 1.10. The quantitative estimate of drug-likeness (QED) is 0.345. The average molecular weight is 460 g/mol. The van der Waals surface area contributed by atoms with Gasteiger partial charge in [-0.15, -0.1) is 5.10 Å². The number of aliphatic carboxylic acids is 1. The highest BCUT2D eigenvalue weighted by atomic mass is 16.4. The molecule has 1 unspecified atom stereocenters. The maximum Gasteiger partial charge on any atom is 0.306 e. The molecule has 0 aliphatic rings. The zero-order valence-corrected chi connectivity index (χ0v) is 19.5. The Kier molecular flexibility index (Phi) is 7.41. The second kappa shape index (κ2) is 10.8. The van der Waals surface area contributed by atoms with Crippen molar-refractivity contribution in [2.45, 2.75) is 52.5 Å². The predicted octanol–water partition coefficient (Wildman–Crippen LogP) is 4.17. The number of hydrogen-bond acceptors (Lipinski definition) is 6. The molecule has 4 aromatic rings. The Labute approximate surface area is 198 Å². The standard InChI is InChI=1S/C25H29N7O2/c1-3-4-9-23-26-22(15-10-17(2)25(33)34)29-32(23)16-18-11-13-19(14-12-18)20-7-5-6-8-21(20)24-27-30-31-28-24/h5-8,11-14,17H,3-4,9-10,15-16H2,1-2H3,(H,33,34)(H,27,28,30,31). The molecule has 1 atom stereocenters. The van der Waals surface area contributed by atoms with Crippen LogP contribution in [0.2, 0.25) is 0 Å². The van der Waals surface area contributed by atoms with Crippen molar-refractivity contribution in [3.8, 4) is 22.5 Å². The molecule has 0 spiro atoms. The Morgan fingerprint density at radius 3 is 2.53 bits per heavy atom. The van der Waals surface area contributed by atoms with E-state index in [0.29, 0.717) is 31.0 Å². The molecule has 9 nitrogen and oxygen atoms in total. The smallest absolute Gasteiger partial charge is 0.306 e. The topological polar surface area (TPSA) is 122 Å². The number of unbranched alkanes of at least 4 members (excludes halogenated alkanes) is 1. The summed E-state index contributed by atoms with van der Waals surface area (Å²) in [6.45, 7) is 4.49. The molecule has 0 saturated heterocycles. The van der Waals surface area contributed by atoms with E-state index < -0.39 is 11.9 Å². The number of tetrazole rings is 1. The molecule has 176 valence electrons. The SMILES string of the molecule is CCCCc1nc(CCC(C)C(=O)O)nn1Cc1ccc(-c2ccccc2-c2nnn[nH]2)cc1. The molecule has 0 amide bonds. The number of H-pyrrole nitrogens is 1. The summed E-state index contributed by atoms with van der Waals surface area (Å²) < 4.78 is 1.96. The molecule has 9 heteroatoms. The Bertz CT molecular complexity index is 1220. The van der Waals surface area contributed by atoms with Crippen molar-refractivity contribution in [2.24, 2.45) is 5.92 Å². The number of rotatable bonds is 11. The van der Waals surface area contributed by atoms with Crippen LogP contribution >= 0.6 is 0 Å². The van der Waals surface area contributed by atoms with Gasteiger partial charge in [0.15, 0.2) is 11.6 Å². The van der Waals surface area contributed by atoms with Crippen LogP contribution in [-0.2, 0) is 24.2 Å². The maximum absolute atomic E-state index is 11.1. The highest BCUT2D eigenvalue weighted by Gasteiger charge is 2.15. The Morgan fingerprint density at radius 1 is 1.09 bits per heavy atom. The van der Waals surface area contributed by atoms with E-state index in [9.17, 15) is 4.79 Å². The first-order valence-electron chi connectivity index (χ1n) is 11.6. The lowest BCUT2D eigenvalue weighted by atomic mass is 9.98. The number of carbonyl (C=O) groups is 1. The van der Waals surface area contributed by atoms with Gasteiger partial charge in [0, 0.05) is 18.4 Å². The summed E-state index contributed by atoms with van der Waals surface area (Å²) in [6.07, 6.45) is 4.06. The van der Waals surface area contributed by atoms with Crippen LogP contribution in [0.5, 0.6) is 0 Å². The predicted molar refractivity (Wildman–Crippen MR) is 128 cm³/mol. The van der Waals surface area contributed by atoms with Gasteiger partial charge in [-0.1, -0.05) is 68.8 Å². The molecule has 2 aromatic heterocycles. The second-order valence-corrected chi connectivity index (χ2v) is 8.48. The van der Waals surface area contributed by atoms with Crippen molar-refractivity contribution >= 4 is 5.97 Å². The minimum absolute atomic E-state index is 0.408. The molecule has 2 aromatic carbocycles. The molecule has 34 heavy (non-hydrogen) atoms.